The number of methoxy groups -OCH3 is 1. The molecule has 2 aromatic carbocycles. The molecule has 5 nitrogen and oxygen atoms in total. The highest BCUT2D eigenvalue weighted by Crippen LogP contribution is 2.34. The molecule has 1 heterocycles. The van der Waals surface area contributed by atoms with Crippen LogP contribution in [0, 0.1) is 0 Å². The van der Waals surface area contributed by atoms with Gasteiger partial charge < -0.3 is 4.74 Å². The number of carbonyl (C=O) groups is 3. The summed E-state index contributed by atoms with van der Waals surface area (Å²) in [5.41, 5.74) is -1.03. The SMILES string of the molecule is CC[C@@H](CC(=O)N1CC(=O)CCC(F)(Cc2cc(Cl)ccc2OC)C1=O)c1ccccc1. The number of alkyl halides is 1. The van der Waals surface area contributed by atoms with E-state index in [0.29, 0.717) is 22.8 Å². The Morgan fingerprint density at radius 3 is 2.59 bits per heavy atom. The third-order valence-electron chi connectivity index (χ3n) is 5.96. The van der Waals surface area contributed by atoms with Crippen LogP contribution in [0.3, 0.4) is 0 Å². The molecule has 32 heavy (non-hydrogen) atoms. The molecule has 3 rings (SSSR count). The van der Waals surface area contributed by atoms with Gasteiger partial charge in [-0.2, -0.15) is 0 Å². The van der Waals surface area contributed by atoms with Crippen molar-refractivity contribution < 1.29 is 23.5 Å². The number of likely N-dealkylation sites (tertiary alicyclic amines) is 1. The van der Waals surface area contributed by atoms with E-state index in [1.165, 1.54) is 13.2 Å². The summed E-state index contributed by atoms with van der Waals surface area (Å²) in [6.07, 6.45) is -0.0460. The molecule has 1 saturated heterocycles. The van der Waals surface area contributed by atoms with Crippen LogP contribution >= 0.6 is 11.6 Å². The van der Waals surface area contributed by atoms with Crippen LogP contribution in [0.4, 0.5) is 4.39 Å². The van der Waals surface area contributed by atoms with Crippen molar-refractivity contribution >= 4 is 29.2 Å². The number of hydrogen-bond donors (Lipinski definition) is 0. The van der Waals surface area contributed by atoms with Gasteiger partial charge in [-0.3, -0.25) is 19.3 Å². The van der Waals surface area contributed by atoms with Gasteiger partial charge >= 0.3 is 0 Å². The number of rotatable bonds is 7. The van der Waals surface area contributed by atoms with Crippen molar-refractivity contribution in [2.24, 2.45) is 0 Å². The van der Waals surface area contributed by atoms with Crippen molar-refractivity contribution in [1.29, 1.82) is 0 Å². The number of amides is 2. The lowest BCUT2D eigenvalue weighted by Crippen LogP contribution is -2.49. The molecule has 2 amide bonds. The van der Waals surface area contributed by atoms with Gasteiger partial charge in [-0.1, -0.05) is 48.9 Å². The first-order valence-electron chi connectivity index (χ1n) is 10.7. The van der Waals surface area contributed by atoms with Crippen LogP contribution in [0.2, 0.25) is 5.02 Å². The minimum atomic E-state index is -2.41. The number of hydrogen-bond acceptors (Lipinski definition) is 4. The van der Waals surface area contributed by atoms with Gasteiger partial charge in [0.25, 0.3) is 5.91 Å². The lowest BCUT2D eigenvalue weighted by molar-refractivity contribution is -0.153. The van der Waals surface area contributed by atoms with Crippen molar-refractivity contribution in [2.45, 2.75) is 50.6 Å². The molecule has 0 spiro atoms. The van der Waals surface area contributed by atoms with Crippen molar-refractivity contribution in [3.8, 4) is 5.75 Å². The number of halogens is 2. The Labute approximate surface area is 192 Å². The second-order valence-electron chi connectivity index (χ2n) is 8.14. The van der Waals surface area contributed by atoms with Gasteiger partial charge in [0.1, 0.15) is 5.75 Å². The molecule has 0 saturated carbocycles. The zero-order valence-corrected chi connectivity index (χ0v) is 19.0. The fraction of sp³-hybridized carbons (Fsp3) is 0.400. The van der Waals surface area contributed by atoms with Crippen molar-refractivity contribution in [3.63, 3.8) is 0 Å². The van der Waals surface area contributed by atoms with E-state index in [4.69, 9.17) is 16.3 Å². The first-order chi connectivity index (χ1) is 15.3. The summed E-state index contributed by atoms with van der Waals surface area (Å²) in [6, 6.07) is 14.2. The summed E-state index contributed by atoms with van der Waals surface area (Å²) < 4.78 is 21.4. The van der Waals surface area contributed by atoms with E-state index in [2.05, 4.69) is 0 Å². The number of nitrogens with zero attached hydrogens (tertiary/aromatic N) is 1. The van der Waals surface area contributed by atoms with Crippen molar-refractivity contribution in [1.82, 2.24) is 4.90 Å². The molecular weight excluding hydrogens is 433 g/mol. The van der Waals surface area contributed by atoms with Crippen LogP contribution in [0.5, 0.6) is 5.75 Å². The lowest BCUT2D eigenvalue weighted by Gasteiger charge is -2.29. The molecule has 0 N–H and O–H groups in total. The van der Waals surface area contributed by atoms with Crippen LogP contribution in [0.15, 0.2) is 48.5 Å². The zero-order chi connectivity index (χ0) is 23.3. The molecule has 0 bridgehead atoms. The zero-order valence-electron chi connectivity index (χ0n) is 18.3. The molecule has 1 aliphatic heterocycles. The van der Waals surface area contributed by atoms with E-state index >= 15 is 4.39 Å². The molecule has 1 fully saturated rings. The number of imide groups is 1. The predicted octanol–water partition coefficient (Wildman–Crippen LogP) is 4.90. The molecule has 0 aliphatic carbocycles. The fourth-order valence-corrected chi connectivity index (χ4v) is 4.30. The van der Waals surface area contributed by atoms with Gasteiger partial charge in [0.05, 0.1) is 13.7 Å². The third-order valence-corrected chi connectivity index (χ3v) is 6.20. The van der Waals surface area contributed by atoms with E-state index in [1.807, 2.05) is 37.3 Å². The number of carbonyl (C=O) groups excluding carboxylic acids is 3. The Morgan fingerprint density at radius 2 is 1.94 bits per heavy atom. The van der Waals surface area contributed by atoms with Crippen LogP contribution in [-0.4, -0.2) is 41.8 Å². The number of ether oxygens (including phenoxy) is 1. The number of Topliss-reactive ketones (excluding diaryl/α,β-unsaturated/α-hetero) is 1. The van der Waals surface area contributed by atoms with E-state index in [-0.39, 0.29) is 37.4 Å². The van der Waals surface area contributed by atoms with E-state index in [9.17, 15) is 14.4 Å². The monoisotopic (exact) mass is 459 g/mol. The molecule has 1 aliphatic rings. The van der Waals surface area contributed by atoms with Crippen LogP contribution < -0.4 is 4.74 Å². The highest BCUT2D eigenvalue weighted by molar-refractivity contribution is 6.30. The average Bonchev–Trinajstić information content (AvgIpc) is 2.90. The highest BCUT2D eigenvalue weighted by Gasteiger charge is 2.47. The van der Waals surface area contributed by atoms with Gasteiger partial charge in [-0.05, 0) is 48.1 Å². The molecule has 0 radical (unpaired) electrons. The summed E-state index contributed by atoms with van der Waals surface area (Å²) in [5.74, 6) is -1.59. The van der Waals surface area contributed by atoms with Gasteiger partial charge in [0, 0.05) is 24.3 Å². The maximum Gasteiger partial charge on any atom is 0.267 e. The van der Waals surface area contributed by atoms with E-state index in [0.717, 1.165) is 10.5 Å². The Hall–Kier alpha value is -2.73. The summed E-state index contributed by atoms with van der Waals surface area (Å²) in [5, 5.41) is 0.378. The summed E-state index contributed by atoms with van der Waals surface area (Å²) in [6.45, 7) is 1.55. The summed E-state index contributed by atoms with van der Waals surface area (Å²) in [7, 11) is 1.44. The fourth-order valence-electron chi connectivity index (χ4n) is 4.11. The maximum absolute atomic E-state index is 16.1. The third kappa shape index (κ3) is 5.36. The van der Waals surface area contributed by atoms with Gasteiger partial charge in [-0.15, -0.1) is 0 Å². The summed E-state index contributed by atoms with van der Waals surface area (Å²) >= 11 is 6.06. The first-order valence-corrected chi connectivity index (χ1v) is 11.1. The molecule has 2 atom stereocenters. The standard InChI is InChI=1S/C25H27ClFNO4/c1-3-17(18-7-5-4-6-8-18)14-23(30)28-16-21(29)11-12-25(27,24(28)31)15-19-13-20(26)9-10-22(19)32-2/h4-10,13,17H,3,11-12,14-16H2,1-2H3/t17-,25?/m0/s1. The second-order valence-corrected chi connectivity index (χ2v) is 8.58. The topological polar surface area (TPSA) is 63.7 Å². The highest BCUT2D eigenvalue weighted by atomic mass is 35.5. The number of benzene rings is 2. The Kier molecular flexibility index (Phi) is 7.67. The molecule has 0 aromatic heterocycles. The number of ketones is 1. The molecule has 7 heteroatoms. The van der Waals surface area contributed by atoms with Crippen LogP contribution in [0.1, 0.15) is 49.7 Å². The summed E-state index contributed by atoms with van der Waals surface area (Å²) in [4.78, 5) is 39.5. The predicted molar refractivity (Wildman–Crippen MR) is 121 cm³/mol. The van der Waals surface area contributed by atoms with E-state index < -0.39 is 24.0 Å². The Bertz CT molecular complexity index is 997. The van der Waals surface area contributed by atoms with Crippen molar-refractivity contribution in [3.05, 3.63) is 64.7 Å². The smallest absolute Gasteiger partial charge is 0.267 e. The normalized spacial score (nSPS) is 20.1. The lowest BCUT2D eigenvalue weighted by atomic mass is 9.89. The quantitative estimate of drug-likeness (QED) is 0.590. The van der Waals surface area contributed by atoms with Crippen molar-refractivity contribution in [2.75, 3.05) is 13.7 Å². The molecular formula is C25H27ClFNO4. The second kappa shape index (κ2) is 10.3. The van der Waals surface area contributed by atoms with Crippen LogP contribution in [0.25, 0.3) is 0 Å². The minimum absolute atomic E-state index is 0.0239. The van der Waals surface area contributed by atoms with Crippen LogP contribution in [-0.2, 0) is 20.8 Å². The Morgan fingerprint density at radius 1 is 1.22 bits per heavy atom. The average molecular weight is 460 g/mol. The van der Waals surface area contributed by atoms with E-state index in [1.54, 1.807) is 12.1 Å². The largest absolute Gasteiger partial charge is 0.496 e. The minimum Gasteiger partial charge on any atom is -0.496 e. The Balaban J connectivity index is 1.86. The van der Waals surface area contributed by atoms with Gasteiger partial charge in [0.2, 0.25) is 5.91 Å². The maximum atomic E-state index is 16.1. The molecule has 170 valence electrons. The molecule has 1 unspecified atom stereocenters. The van der Waals surface area contributed by atoms with Gasteiger partial charge in [-0.25, -0.2) is 4.39 Å². The molecule has 2 aromatic rings. The first kappa shape index (κ1) is 23.9. The van der Waals surface area contributed by atoms with Gasteiger partial charge in [0.15, 0.2) is 11.5 Å².